The molecule has 0 bridgehead atoms. The molecule has 0 aromatic heterocycles. The van der Waals surface area contributed by atoms with Gasteiger partial charge in [0.15, 0.2) is 16.7 Å². The van der Waals surface area contributed by atoms with Crippen molar-refractivity contribution in [2.24, 2.45) is 10.7 Å². The Hall–Kier alpha value is -2.00. The topological polar surface area (TPSA) is 73.9 Å². The molecule has 128 valence electrons. The van der Waals surface area contributed by atoms with Crippen LogP contribution in [0.3, 0.4) is 0 Å². The van der Waals surface area contributed by atoms with Crippen molar-refractivity contribution >= 4 is 51.5 Å². The van der Waals surface area contributed by atoms with E-state index < -0.39 is 0 Å². The average Bonchev–Trinajstić information content (AvgIpc) is 2.92. The van der Waals surface area contributed by atoms with Crippen LogP contribution in [0, 0.1) is 3.57 Å². The molecular weight excluding hydrogens is 451 g/mol. The lowest BCUT2D eigenvalue weighted by Gasteiger charge is -2.11. The number of aliphatic imine (C=N–C) groups is 1. The number of thioether (sulfide) groups is 1. The van der Waals surface area contributed by atoms with E-state index in [0.29, 0.717) is 23.0 Å². The first-order chi connectivity index (χ1) is 12.0. The molecule has 25 heavy (non-hydrogen) atoms. The van der Waals surface area contributed by atoms with Crippen molar-refractivity contribution in [2.75, 3.05) is 7.11 Å². The van der Waals surface area contributed by atoms with Crippen LogP contribution in [0.4, 0.5) is 0 Å². The van der Waals surface area contributed by atoms with Crippen molar-refractivity contribution in [3.05, 3.63) is 62.1 Å². The van der Waals surface area contributed by atoms with Gasteiger partial charge in [0.05, 0.1) is 12.0 Å². The van der Waals surface area contributed by atoms with Crippen LogP contribution in [0.25, 0.3) is 6.08 Å². The van der Waals surface area contributed by atoms with Crippen molar-refractivity contribution < 1.29 is 14.3 Å². The monoisotopic (exact) mass is 466 g/mol. The third kappa shape index (κ3) is 4.55. The molecule has 1 amide bonds. The Morgan fingerprint density at radius 1 is 1.20 bits per heavy atom. The number of methoxy groups -OCH3 is 1. The van der Waals surface area contributed by atoms with E-state index >= 15 is 0 Å². The molecule has 0 unspecified atom stereocenters. The van der Waals surface area contributed by atoms with Gasteiger partial charge in [-0.05, 0) is 75.8 Å². The normalized spacial score (nSPS) is 15.4. The minimum Gasteiger partial charge on any atom is -0.493 e. The second-order valence-electron chi connectivity index (χ2n) is 5.19. The number of carbonyl (C=O) groups is 1. The molecule has 0 atom stereocenters. The van der Waals surface area contributed by atoms with Crippen LogP contribution in [0.5, 0.6) is 11.5 Å². The van der Waals surface area contributed by atoms with Gasteiger partial charge in [-0.1, -0.05) is 18.2 Å². The van der Waals surface area contributed by atoms with E-state index in [0.717, 1.165) is 22.9 Å². The maximum absolute atomic E-state index is 11.7. The minimum absolute atomic E-state index is 0.265. The highest BCUT2D eigenvalue weighted by Gasteiger charge is 2.19. The second kappa shape index (κ2) is 7.92. The lowest BCUT2D eigenvalue weighted by Crippen LogP contribution is -2.01. The molecule has 3 rings (SSSR count). The Balaban J connectivity index is 1.74. The highest BCUT2D eigenvalue weighted by atomic mass is 127. The summed E-state index contributed by atoms with van der Waals surface area (Å²) in [6, 6.07) is 13.6. The second-order valence-corrected chi connectivity index (χ2v) is 7.50. The molecule has 0 fully saturated rings. The Kier molecular flexibility index (Phi) is 5.64. The Morgan fingerprint density at radius 2 is 1.96 bits per heavy atom. The molecule has 0 radical (unpaired) electrons. The number of ether oxygens (including phenoxy) is 2. The molecule has 7 heteroatoms. The van der Waals surface area contributed by atoms with Gasteiger partial charge in [-0.15, -0.1) is 0 Å². The first-order valence-electron chi connectivity index (χ1n) is 7.38. The fourth-order valence-corrected chi connectivity index (χ4v) is 3.25. The Labute approximate surface area is 163 Å². The van der Waals surface area contributed by atoms with Crippen LogP contribution in [-0.2, 0) is 11.4 Å². The summed E-state index contributed by atoms with van der Waals surface area (Å²) in [5.41, 5.74) is 7.46. The van der Waals surface area contributed by atoms with Crippen LogP contribution in [0.15, 0.2) is 52.4 Å². The Bertz CT molecular complexity index is 863. The number of benzene rings is 2. The summed E-state index contributed by atoms with van der Waals surface area (Å²) in [7, 11) is 1.58. The third-order valence-electron chi connectivity index (χ3n) is 3.43. The minimum atomic E-state index is -0.319. The largest absolute Gasteiger partial charge is 0.493 e. The van der Waals surface area contributed by atoms with Crippen LogP contribution < -0.4 is 15.2 Å². The number of rotatable bonds is 5. The smallest absolute Gasteiger partial charge is 0.286 e. The predicted molar refractivity (Wildman–Crippen MR) is 109 cm³/mol. The van der Waals surface area contributed by atoms with E-state index in [9.17, 15) is 4.79 Å². The fraction of sp³-hybridized carbons (Fsp3) is 0.111. The maximum Gasteiger partial charge on any atom is 0.286 e. The van der Waals surface area contributed by atoms with Gasteiger partial charge in [-0.25, -0.2) is 0 Å². The standard InChI is InChI=1S/C18H15IN2O3S/c1-23-15-8-12(9-16-17(22)21-18(20)25-16)4-7-14(15)24-10-11-2-5-13(19)6-3-11/h2-9H,10H2,1H3,(H2,20,21,22). The van der Waals surface area contributed by atoms with E-state index in [1.807, 2.05) is 42.5 Å². The van der Waals surface area contributed by atoms with Crippen molar-refractivity contribution in [1.29, 1.82) is 0 Å². The highest BCUT2D eigenvalue weighted by Crippen LogP contribution is 2.32. The van der Waals surface area contributed by atoms with Crippen molar-refractivity contribution in [2.45, 2.75) is 6.61 Å². The van der Waals surface area contributed by atoms with E-state index in [2.05, 4.69) is 27.6 Å². The number of amidine groups is 1. The van der Waals surface area contributed by atoms with Crippen LogP contribution in [-0.4, -0.2) is 18.2 Å². The third-order valence-corrected chi connectivity index (χ3v) is 4.96. The molecule has 5 nitrogen and oxygen atoms in total. The van der Waals surface area contributed by atoms with Crippen molar-refractivity contribution in [1.82, 2.24) is 0 Å². The zero-order chi connectivity index (χ0) is 17.8. The number of hydrogen-bond acceptors (Lipinski definition) is 5. The number of carbonyl (C=O) groups excluding carboxylic acids is 1. The number of hydrogen-bond donors (Lipinski definition) is 1. The van der Waals surface area contributed by atoms with Crippen LogP contribution in [0.2, 0.25) is 0 Å². The van der Waals surface area contributed by atoms with Gasteiger partial charge in [0.2, 0.25) is 0 Å². The molecular formula is C18H15IN2O3S. The van der Waals surface area contributed by atoms with Gasteiger partial charge >= 0.3 is 0 Å². The summed E-state index contributed by atoms with van der Waals surface area (Å²) in [6.45, 7) is 0.451. The molecule has 0 aliphatic carbocycles. The predicted octanol–water partition coefficient (Wildman–Crippen LogP) is 3.81. The highest BCUT2D eigenvalue weighted by molar-refractivity contribution is 14.1. The SMILES string of the molecule is COc1cc(C=C2SC(N)=NC2=O)ccc1OCc1ccc(I)cc1. The summed E-state index contributed by atoms with van der Waals surface area (Å²) in [4.78, 5) is 15.9. The summed E-state index contributed by atoms with van der Waals surface area (Å²) >= 11 is 3.43. The lowest BCUT2D eigenvalue weighted by atomic mass is 10.2. The fourth-order valence-electron chi connectivity index (χ4n) is 2.21. The first-order valence-corrected chi connectivity index (χ1v) is 9.28. The van der Waals surface area contributed by atoms with E-state index in [1.54, 1.807) is 13.2 Å². The van der Waals surface area contributed by atoms with E-state index in [1.165, 1.54) is 3.57 Å². The van der Waals surface area contributed by atoms with Crippen LogP contribution in [0.1, 0.15) is 11.1 Å². The molecule has 2 N–H and O–H groups in total. The molecule has 1 aliphatic heterocycles. The van der Waals surface area contributed by atoms with Gasteiger partial charge in [0, 0.05) is 3.57 Å². The number of halogens is 1. The number of amides is 1. The maximum atomic E-state index is 11.7. The summed E-state index contributed by atoms with van der Waals surface area (Å²) in [6.07, 6.45) is 1.74. The lowest BCUT2D eigenvalue weighted by molar-refractivity contribution is -0.113. The molecule has 0 saturated carbocycles. The van der Waals surface area contributed by atoms with E-state index in [4.69, 9.17) is 15.2 Å². The van der Waals surface area contributed by atoms with Gasteiger partial charge in [-0.3, -0.25) is 4.79 Å². The van der Waals surface area contributed by atoms with Gasteiger partial charge in [-0.2, -0.15) is 4.99 Å². The number of nitrogens with two attached hydrogens (primary N) is 1. The quantitative estimate of drug-likeness (QED) is 0.536. The number of nitrogens with zero attached hydrogens (tertiary/aromatic N) is 1. The van der Waals surface area contributed by atoms with Gasteiger partial charge < -0.3 is 15.2 Å². The van der Waals surface area contributed by atoms with Crippen LogP contribution >= 0.6 is 34.4 Å². The first kappa shape index (κ1) is 17.8. The Morgan fingerprint density at radius 3 is 2.60 bits per heavy atom. The van der Waals surface area contributed by atoms with E-state index in [-0.39, 0.29) is 11.1 Å². The molecule has 0 spiro atoms. The zero-order valence-electron chi connectivity index (χ0n) is 13.4. The molecule has 1 aliphatic rings. The molecule has 0 saturated heterocycles. The molecule has 2 aromatic carbocycles. The summed E-state index contributed by atoms with van der Waals surface area (Å²) in [5.74, 6) is 0.925. The summed E-state index contributed by atoms with van der Waals surface area (Å²) in [5, 5.41) is 0.265. The zero-order valence-corrected chi connectivity index (χ0v) is 16.3. The molecule has 1 heterocycles. The van der Waals surface area contributed by atoms with Crippen molar-refractivity contribution in [3.63, 3.8) is 0 Å². The van der Waals surface area contributed by atoms with Crippen molar-refractivity contribution in [3.8, 4) is 11.5 Å². The summed E-state index contributed by atoms with van der Waals surface area (Å²) < 4.78 is 12.4. The van der Waals surface area contributed by atoms with Gasteiger partial charge in [0.25, 0.3) is 5.91 Å². The molecule has 2 aromatic rings. The average molecular weight is 466 g/mol. The van der Waals surface area contributed by atoms with Gasteiger partial charge in [0.1, 0.15) is 6.61 Å².